The van der Waals surface area contributed by atoms with Gasteiger partial charge in [0.05, 0.1) is 57.4 Å². The molecule has 6 aliphatic rings. The maximum atomic E-state index is 11.3. The van der Waals surface area contributed by atoms with Crippen LogP contribution in [-0.4, -0.2) is 86.0 Å². The van der Waals surface area contributed by atoms with Crippen molar-refractivity contribution >= 4 is 69.8 Å². The summed E-state index contributed by atoms with van der Waals surface area (Å²) in [4.78, 5) is 31.2. The summed E-state index contributed by atoms with van der Waals surface area (Å²) in [6.45, 7) is 3.93. The Kier molecular flexibility index (Phi) is 11.6. The lowest BCUT2D eigenvalue weighted by Gasteiger charge is -2.45. The molecule has 6 fully saturated rings. The molecule has 6 heterocycles. The van der Waals surface area contributed by atoms with Gasteiger partial charge in [-0.1, -0.05) is 68.8 Å². The van der Waals surface area contributed by atoms with E-state index in [9.17, 15) is 19.8 Å². The van der Waals surface area contributed by atoms with Crippen molar-refractivity contribution < 1.29 is 38.3 Å². The molecule has 4 aliphatic carbocycles. The zero-order valence-corrected chi connectivity index (χ0v) is 40.8. The highest BCUT2D eigenvalue weighted by Crippen LogP contribution is 2.60. The van der Waals surface area contributed by atoms with Crippen molar-refractivity contribution in [2.24, 2.45) is 10.8 Å². The summed E-state index contributed by atoms with van der Waals surface area (Å²) in [6.07, 6.45) is 10.1. The SMILES string of the molecule is O=C(O)c1ccc(N2CCC3(CC(OCc4c(-c5c(Cl)cccc5Cl)noc4C4CC4c4ccc(Cl)c(-c5noc(C6CC6)c5COC5CC6(CCN(c7ccc(C(=O)O)nn7)C6)C5)c4Cl)C3)C2)cn1. The molecule has 2 aromatic carbocycles. The van der Waals surface area contributed by atoms with Crippen LogP contribution in [0, 0.1) is 10.8 Å². The fourth-order valence-corrected chi connectivity index (χ4v) is 12.9. The molecular formula is C51H47Cl4N7O8. The normalized spacial score (nSPS) is 25.7. The molecule has 4 saturated carbocycles. The number of aromatic carboxylic acids is 2. The van der Waals surface area contributed by atoms with Crippen molar-refractivity contribution in [3.63, 3.8) is 0 Å². The van der Waals surface area contributed by atoms with Crippen LogP contribution >= 0.6 is 46.4 Å². The highest BCUT2D eigenvalue weighted by atomic mass is 35.5. The van der Waals surface area contributed by atoms with E-state index in [1.54, 1.807) is 36.5 Å². The lowest BCUT2D eigenvalue weighted by atomic mass is 9.66. The average Bonchev–Trinajstić information content (AvgIpc) is 4.09. The van der Waals surface area contributed by atoms with Gasteiger partial charge in [-0.15, -0.1) is 10.2 Å². The van der Waals surface area contributed by atoms with Crippen molar-refractivity contribution in [3.8, 4) is 22.5 Å². The van der Waals surface area contributed by atoms with E-state index in [-0.39, 0.29) is 58.8 Å². The third-order valence-electron chi connectivity index (χ3n) is 15.6. The van der Waals surface area contributed by atoms with Crippen LogP contribution in [0.15, 0.2) is 69.8 Å². The quantitative estimate of drug-likeness (QED) is 0.0987. The Hall–Kier alpha value is -5.29. The number of hydrogen-bond acceptors (Lipinski definition) is 13. The standard InChI is InChI=1S/C51H47Cl4N7O8/c52-35-2-1-3-36(53)41(35)44-34(23-68-28-17-50(18-28)12-14-61(24-50)27-6-9-38(48(63)64)56-21-27)47(70-59-44)32-16-31(32)30-7-8-37(54)42(43(30)55)45-33(46(69-60-45)26-4-5-26)22-67-29-19-51(20-29)13-15-62(25-51)40-11-10-39(49(65)66)57-58-40/h1-3,6-11,21,26,28-29,31-32H,4-5,12-20,22-25H2,(H,63,64)(H,65,66). The van der Waals surface area contributed by atoms with E-state index < -0.39 is 11.9 Å². The van der Waals surface area contributed by atoms with Crippen molar-refractivity contribution in [2.75, 3.05) is 36.0 Å². The maximum Gasteiger partial charge on any atom is 0.356 e. The summed E-state index contributed by atoms with van der Waals surface area (Å²) < 4.78 is 25.6. The van der Waals surface area contributed by atoms with Gasteiger partial charge in [0.15, 0.2) is 11.5 Å². The number of carboxylic acids is 2. The molecule has 70 heavy (non-hydrogen) atoms. The Bertz CT molecular complexity index is 3000. The van der Waals surface area contributed by atoms with Gasteiger partial charge in [0.1, 0.15) is 28.6 Å². The van der Waals surface area contributed by atoms with Crippen LogP contribution in [0.25, 0.3) is 22.5 Å². The second-order valence-corrected chi connectivity index (χ2v) is 21.8. The molecular weight excluding hydrogens is 980 g/mol. The molecule has 362 valence electrons. The minimum Gasteiger partial charge on any atom is -0.477 e. The Balaban J connectivity index is 0.743. The molecule has 12 rings (SSSR count). The van der Waals surface area contributed by atoms with Crippen molar-refractivity contribution in [2.45, 2.75) is 101 Å². The molecule has 2 spiro atoms. The monoisotopic (exact) mass is 1030 g/mol. The largest absolute Gasteiger partial charge is 0.477 e. The molecule has 19 heteroatoms. The maximum absolute atomic E-state index is 11.3. The second kappa shape index (κ2) is 17.8. The van der Waals surface area contributed by atoms with E-state index >= 15 is 0 Å². The van der Waals surface area contributed by atoms with Crippen molar-refractivity contribution in [1.29, 1.82) is 0 Å². The third kappa shape index (κ3) is 8.39. The minimum atomic E-state index is -1.10. The number of benzene rings is 2. The Morgan fingerprint density at radius 1 is 0.686 bits per heavy atom. The summed E-state index contributed by atoms with van der Waals surface area (Å²) in [5.41, 5.74) is 6.07. The third-order valence-corrected chi connectivity index (χ3v) is 17.0. The smallest absolute Gasteiger partial charge is 0.356 e. The number of pyridine rings is 1. The highest BCUT2D eigenvalue weighted by Gasteiger charge is 2.52. The van der Waals surface area contributed by atoms with Crippen molar-refractivity contribution in [1.82, 2.24) is 25.5 Å². The molecule has 2 unspecified atom stereocenters. The molecule has 2 saturated heterocycles. The van der Waals surface area contributed by atoms with E-state index in [1.165, 1.54) is 6.07 Å². The number of carbonyl (C=O) groups is 2. The van der Waals surface area contributed by atoms with Crippen LogP contribution in [0.3, 0.4) is 0 Å². The van der Waals surface area contributed by atoms with E-state index in [2.05, 4.69) is 35.3 Å². The average molecular weight is 1030 g/mol. The number of nitrogens with zero attached hydrogens (tertiary/aromatic N) is 7. The van der Waals surface area contributed by atoms with Gasteiger partial charge in [-0.3, -0.25) is 0 Å². The Labute approximate surface area is 422 Å². The number of hydrogen-bond donors (Lipinski definition) is 2. The van der Waals surface area contributed by atoms with Gasteiger partial charge in [-0.05, 0) is 123 Å². The number of aromatic nitrogens is 5. The molecule has 15 nitrogen and oxygen atoms in total. The summed E-state index contributed by atoms with van der Waals surface area (Å²) in [5, 5.41) is 37.7. The van der Waals surface area contributed by atoms with Gasteiger partial charge in [-0.2, -0.15) is 0 Å². The summed E-state index contributed by atoms with van der Waals surface area (Å²) in [5.74, 6) is 0.292. The summed E-state index contributed by atoms with van der Waals surface area (Å²) >= 11 is 28.0. The van der Waals surface area contributed by atoms with Gasteiger partial charge in [0, 0.05) is 60.3 Å². The van der Waals surface area contributed by atoms with E-state index in [4.69, 9.17) is 64.9 Å². The van der Waals surface area contributed by atoms with Crippen LogP contribution in [0.1, 0.15) is 125 Å². The topological polar surface area (TPSA) is 190 Å². The van der Waals surface area contributed by atoms with Gasteiger partial charge in [-0.25, -0.2) is 14.6 Å². The predicted molar refractivity (Wildman–Crippen MR) is 260 cm³/mol. The number of rotatable bonds is 15. The molecule has 6 aromatic rings. The van der Waals surface area contributed by atoms with Crippen molar-refractivity contribution in [3.05, 3.63) is 120 Å². The molecule has 4 aromatic heterocycles. The molecule has 0 bridgehead atoms. The lowest BCUT2D eigenvalue weighted by molar-refractivity contribution is -0.0798. The minimum absolute atomic E-state index is 0.00647. The van der Waals surface area contributed by atoms with Crippen LogP contribution < -0.4 is 9.80 Å². The molecule has 2 aliphatic heterocycles. The Morgan fingerprint density at radius 2 is 1.29 bits per heavy atom. The first-order chi connectivity index (χ1) is 33.8. The van der Waals surface area contributed by atoms with Gasteiger partial charge in [0.25, 0.3) is 0 Å². The fraction of sp³-hybridized carbons (Fsp3) is 0.431. The van der Waals surface area contributed by atoms with Crippen LogP contribution in [0.4, 0.5) is 11.5 Å². The second-order valence-electron chi connectivity index (χ2n) is 20.2. The van der Waals surface area contributed by atoms with E-state index in [1.807, 2.05) is 18.2 Å². The summed E-state index contributed by atoms with van der Waals surface area (Å²) in [6, 6.07) is 15.8. The molecule has 0 amide bonds. The Morgan fingerprint density at radius 3 is 1.90 bits per heavy atom. The van der Waals surface area contributed by atoms with Crippen LogP contribution in [0.2, 0.25) is 20.1 Å². The van der Waals surface area contributed by atoms with Crippen LogP contribution in [0.5, 0.6) is 0 Å². The number of anilines is 2. The van der Waals surface area contributed by atoms with Gasteiger partial charge in [0.2, 0.25) is 0 Å². The molecule has 2 atom stereocenters. The number of carboxylic acid groups (broad SMARTS) is 2. The number of ether oxygens (including phenoxy) is 2. The highest BCUT2D eigenvalue weighted by molar-refractivity contribution is 6.40. The zero-order chi connectivity index (χ0) is 48.1. The van der Waals surface area contributed by atoms with E-state index in [0.717, 1.165) is 112 Å². The van der Waals surface area contributed by atoms with Gasteiger partial charge >= 0.3 is 11.9 Å². The summed E-state index contributed by atoms with van der Waals surface area (Å²) in [7, 11) is 0. The van der Waals surface area contributed by atoms with Crippen LogP contribution in [-0.2, 0) is 22.7 Å². The zero-order valence-electron chi connectivity index (χ0n) is 37.8. The first kappa shape index (κ1) is 45.8. The predicted octanol–water partition coefficient (Wildman–Crippen LogP) is 11.5. The molecule has 2 N–H and O–H groups in total. The number of halogens is 4. The fourth-order valence-electron chi connectivity index (χ4n) is 11.6. The lowest BCUT2D eigenvalue weighted by Crippen LogP contribution is -2.44. The first-order valence-electron chi connectivity index (χ1n) is 23.7. The molecule has 0 radical (unpaired) electrons. The first-order valence-corrected chi connectivity index (χ1v) is 25.2. The van der Waals surface area contributed by atoms with Gasteiger partial charge < -0.3 is 38.5 Å². The van der Waals surface area contributed by atoms with E-state index in [0.29, 0.717) is 60.8 Å².